The monoisotopic (exact) mass is 444 g/mol. The molecule has 12 heteroatoms. The van der Waals surface area contributed by atoms with E-state index >= 15 is 0 Å². The largest absolute Gasteiger partial charge is 0.462 e. The Bertz CT molecular complexity index is 1130. The summed E-state index contributed by atoms with van der Waals surface area (Å²) in [6, 6.07) is 1.56. The van der Waals surface area contributed by atoms with Gasteiger partial charge in [0.15, 0.2) is 11.3 Å². The van der Waals surface area contributed by atoms with Gasteiger partial charge in [0, 0.05) is 10.9 Å². The van der Waals surface area contributed by atoms with E-state index in [0.29, 0.717) is 16.1 Å². The highest BCUT2D eigenvalue weighted by molar-refractivity contribution is 7.16. The minimum absolute atomic E-state index is 0.140. The van der Waals surface area contributed by atoms with Crippen molar-refractivity contribution in [2.75, 3.05) is 11.9 Å². The second-order valence-corrected chi connectivity index (χ2v) is 7.39. The van der Waals surface area contributed by atoms with Crippen LogP contribution in [0.5, 0.6) is 0 Å². The average molecular weight is 444 g/mol. The van der Waals surface area contributed by atoms with Gasteiger partial charge in [-0.3, -0.25) is 4.79 Å². The maximum absolute atomic E-state index is 13.3. The summed E-state index contributed by atoms with van der Waals surface area (Å²) in [6.45, 7) is 5.24. The fraction of sp³-hybridized carbons (Fsp3) is 0.333. The highest BCUT2D eigenvalue weighted by Crippen LogP contribution is 2.33. The van der Waals surface area contributed by atoms with Gasteiger partial charge in [0.2, 0.25) is 0 Å². The molecule has 0 atom stereocenters. The van der Waals surface area contributed by atoms with Crippen LogP contribution in [-0.4, -0.2) is 33.1 Å². The Morgan fingerprint density at radius 2 is 1.90 bits per heavy atom. The van der Waals surface area contributed by atoms with E-state index in [1.807, 2.05) is 0 Å². The van der Waals surface area contributed by atoms with Crippen molar-refractivity contribution in [3.05, 3.63) is 45.2 Å². The number of esters is 1. The van der Waals surface area contributed by atoms with Gasteiger partial charge < -0.3 is 10.1 Å². The van der Waals surface area contributed by atoms with E-state index in [1.165, 1.54) is 0 Å². The molecule has 3 heterocycles. The number of alkyl halides is 4. The smallest absolute Gasteiger partial charge is 0.341 e. The predicted octanol–water partition coefficient (Wildman–Crippen LogP) is 4.71. The second kappa shape index (κ2) is 8.38. The third kappa shape index (κ3) is 3.99. The van der Waals surface area contributed by atoms with Crippen LogP contribution in [0.25, 0.3) is 5.65 Å². The van der Waals surface area contributed by atoms with Crippen molar-refractivity contribution in [1.29, 1.82) is 0 Å². The van der Waals surface area contributed by atoms with Crippen LogP contribution >= 0.6 is 11.3 Å². The zero-order valence-corrected chi connectivity index (χ0v) is 16.8. The Kier molecular flexibility index (Phi) is 6.06. The fourth-order valence-electron chi connectivity index (χ4n) is 2.73. The average Bonchev–Trinajstić information content (AvgIpc) is 3.22. The van der Waals surface area contributed by atoms with E-state index in [-0.39, 0.29) is 28.5 Å². The first-order chi connectivity index (χ1) is 14.1. The number of ether oxygens (including phenoxy) is 1. The van der Waals surface area contributed by atoms with Gasteiger partial charge in [0.1, 0.15) is 16.4 Å². The lowest BCUT2D eigenvalue weighted by atomic mass is 10.1. The van der Waals surface area contributed by atoms with Crippen LogP contribution in [0, 0.1) is 13.8 Å². The molecule has 0 spiro atoms. The van der Waals surface area contributed by atoms with Gasteiger partial charge >= 0.3 is 5.97 Å². The van der Waals surface area contributed by atoms with Crippen molar-refractivity contribution < 1.29 is 31.9 Å². The van der Waals surface area contributed by atoms with Crippen LogP contribution in [0.3, 0.4) is 0 Å². The number of thiophene rings is 1. The topological polar surface area (TPSA) is 85.6 Å². The molecule has 0 saturated heterocycles. The maximum Gasteiger partial charge on any atom is 0.341 e. The molecule has 0 aliphatic rings. The summed E-state index contributed by atoms with van der Waals surface area (Å²) < 4.78 is 58.1. The molecule has 0 saturated carbocycles. The Balaban J connectivity index is 2.00. The van der Waals surface area contributed by atoms with Gasteiger partial charge in [-0.1, -0.05) is 0 Å². The van der Waals surface area contributed by atoms with Crippen molar-refractivity contribution in [3.63, 3.8) is 0 Å². The number of anilines is 1. The van der Waals surface area contributed by atoms with Gasteiger partial charge in [-0.25, -0.2) is 31.9 Å². The van der Waals surface area contributed by atoms with Crippen LogP contribution in [0.2, 0.25) is 0 Å². The van der Waals surface area contributed by atoms with Crippen LogP contribution < -0.4 is 5.32 Å². The Labute approximate surface area is 171 Å². The number of carbonyl (C=O) groups is 2. The molecule has 0 aliphatic heterocycles. The molecule has 1 amide bonds. The lowest BCUT2D eigenvalue weighted by molar-refractivity contribution is 0.0527. The maximum atomic E-state index is 13.3. The lowest BCUT2D eigenvalue weighted by Gasteiger charge is -2.06. The Morgan fingerprint density at radius 1 is 1.20 bits per heavy atom. The van der Waals surface area contributed by atoms with Crippen LogP contribution in [0.1, 0.15) is 62.4 Å². The van der Waals surface area contributed by atoms with Crippen molar-refractivity contribution in [1.82, 2.24) is 14.6 Å². The minimum atomic E-state index is -3.11. The molecule has 30 heavy (non-hydrogen) atoms. The summed E-state index contributed by atoms with van der Waals surface area (Å²) in [4.78, 5) is 29.2. The van der Waals surface area contributed by atoms with Gasteiger partial charge in [-0.05, 0) is 32.4 Å². The van der Waals surface area contributed by atoms with Crippen LogP contribution in [0.4, 0.5) is 22.6 Å². The number of rotatable bonds is 6. The highest BCUT2D eigenvalue weighted by atomic mass is 32.1. The fourth-order valence-corrected chi connectivity index (χ4v) is 3.77. The van der Waals surface area contributed by atoms with Gasteiger partial charge in [0.25, 0.3) is 18.8 Å². The van der Waals surface area contributed by atoms with E-state index < -0.39 is 36.1 Å². The first kappa shape index (κ1) is 21.7. The molecule has 160 valence electrons. The number of hydrogen-bond donors (Lipinski definition) is 1. The molecular weight excluding hydrogens is 428 g/mol. The summed E-state index contributed by atoms with van der Waals surface area (Å²) in [6.07, 6.45) is -6.18. The molecule has 0 bridgehead atoms. The lowest BCUT2D eigenvalue weighted by Crippen LogP contribution is -2.15. The normalized spacial score (nSPS) is 11.5. The Morgan fingerprint density at radius 3 is 2.50 bits per heavy atom. The van der Waals surface area contributed by atoms with E-state index in [4.69, 9.17) is 4.74 Å². The Hall–Kier alpha value is -3.02. The van der Waals surface area contributed by atoms with Gasteiger partial charge in [-0.15, -0.1) is 11.3 Å². The molecule has 3 rings (SSSR count). The first-order valence-corrected chi connectivity index (χ1v) is 9.51. The number of aryl methyl sites for hydroxylation is 1. The molecular formula is C18H16F4N4O3S. The number of amides is 1. The van der Waals surface area contributed by atoms with E-state index in [2.05, 4.69) is 15.4 Å². The predicted molar refractivity (Wildman–Crippen MR) is 101 cm³/mol. The van der Waals surface area contributed by atoms with Crippen molar-refractivity contribution in [2.45, 2.75) is 33.6 Å². The third-order valence-electron chi connectivity index (χ3n) is 4.25. The summed E-state index contributed by atoms with van der Waals surface area (Å²) in [7, 11) is 0. The summed E-state index contributed by atoms with van der Waals surface area (Å²) in [5.41, 5.74) is -1.50. The van der Waals surface area contributed by atoms with E-state index in [9.17, 15) is 27.2 Å². The van der Waals surface area contributed by atoms with E-state index in [0.717, 1.165) is 22.3 Å². The van der Waals surface area contributed by atoms with Crippen molar-refractivity contribution in [2.24, 2.45) is 0 Å². The molecule has 0 aliphatic carbocycles. The van der Waals surface area contributed by atoms with Crippen LogP contribution in [-0.2, 0) is 4.74 Å². The number of fused-ring (bicyclic) bond motifs is 1. The third-order valence-corrected chi connectivity index (χ3v) is 5.37. The van der Waals surface area contributed by atoms with Crippen LogP contribution in [0.15, 0.2) is 12.1 Å². The number of carbonyl (C=O) groups excluding carboxylic acids is 2. The SMILES string of the molecule is CCOC(=O)c1c(NC(=O)c2cc3nc(C(F)F)cc(C(F)F)n3n2)sc(C)c1C. The second-order valence-electron chi connectivity index (χ2n) is 6.17. The molecule has 3 aromatic heterocycles. The standard InChI is InChI=1S/C18H16F4N4O3S/c1-4-29-18(28)13-7(2)8(3)30-17(13)24-16(27)10-6-12-23-9(14(19)20)5-11(15(21)22)26(12)25-10/h5-6,14-15H,4H2,1-3H3,(H,24,27). The number of nitrogens with zero attached hydrogens (tertiary/aromatic N) is 3. The minimum Gasteiger partial charge on any atom is -0.462 e. The van der Waals surface area contributed by atoms with Gasteiger partial charge in [-0.2, -0.15) is 5.10 Å². The number of halogens is 4. The van der Waals surface area contributed by atoms with Crippen molar-refractivity contribution in [3.8, 4) is 0 Å². The summed E-state index contributed by atoms with van der Waals surface area (Å²) in [5, 5.41) is 6.50. The zero-order valence-electron chi connectivity index (χ0n) is 16.0. The highest BCUT2D eigenvalue weighted by Gasteiger charge is 2.25. The van der Waals surface area contributed by atoms with E-state index in [1.54, 1.807) is 20.8 Å². The zero-order chi connectivity index (χ0) is 22.2. The quantitative estimate of drug-likeness (QED) is 0.440. The summed E-state index contributed by atoms with van der Waals surface area (Å²) >= 11 is 1.14. The molecule has 0 fully saturated rings. The molecule has 0 radical (unpaired) electrons. The number of hydrogen-bond acceptors (Lipinski definition) is 6. The molecule has 0 aromatic carbocycles. The number of aromatic nitrogens is 3. The molecule has 3 aromatic rings. The summed E-state index contributed by atoms with van der Waals surface area (Å²) in [5.74, 6) is -1.43. The first-order valence-electron chi connectivity index (χ1n) is 8.69. The molecule has 0 unspecified atom stereocenters. The number of nitrogens with one attached hydrogen (secondary N) is 1. The molecule has 1 N–H and O–H groups in total. The van der Waals surface area contributed by atoms with Gasteiger partial charge in [0.05, 0.1) is 12.2 Å². The molecule has 7 nitrogen and oxygen atoms in total. The van der Waals surface area contributed by atoms with Crippen molar-refractivity contribution >= 4 is 33.9 Å².